The summed E-state index contributed by atoms with van der Waals surface area (Å²) in [5.41, 5.74) is 13.2. The Morgan fingerprint density at radius 3 is 1.27 bits per heavy atom. The van der Waals surface area contributed by atoms with Crippen LogP contribution in [-0.2, 0) is 4.79 Å². The Bertz CT molecular complexity index is 3050. The Morgan fingerprint density at radius 1 is 0.500 bits per heavy atom. The highest BCUT2D eigenvalue weighted by Gasteiger charge is 2.26. The summed E-state index contributed by atoms with van der Waals surface area (Å²) in [4.78, 5) is 23.6. The van der Waals surface area contributed by atoms with Gasteiger partial charge in [-0.2, -0.15) is 5.26 Å². The van der Waals surface area contributed by atoms with Gasteiger partial charge in [0.05, 0.1) is 22.7 Å². The average molecular weight is 955 g/mol. The average Bonchev–Trinajstić information content (AvgIpc) is 3.39. The lowest BCUT2D eigenvalue weighted by atomic mass is 10.1. The van der Waals surface area contributed by atoms with E-state index in [4.69, 9.17) is 0 Å². The lowest BCUT2D eigenvalue weighted by Gasteiger charge is -2.33. The standard InChI is InChI=1S/C62H58N4O2S2/c1-3-5-7-15-37-64-54-33-27-46(22-21-45-25-31-53(32-26-45)66(51-17-11-9-12-18-51)52-19-13-10-14-20-52)40-58(54)69-59-41-47(28-34-55(59)64)23-24-48-29-35-56-60(42-48)70-61-43-49(39-50(44-63)62(67)68)30-36-57(61)65(56)38-16-8-6-4-2/h9-14,17-36,39-43H,3-8,15-16,37-38H2,1-2H3,(H,67,68)/b22-21+,24-23+,50-39-. The van der Waals surface area contributed by atoms with Crippen LogP contribution in [0, 0.1) is 11.3 Å². The molecule has 0 aliphatic carbocycles. The zero-order chi connectivity index (χ0) is 48.2. The molecular weight excluding hydrogens is 897 g/mol. The first-order valence-electron chi connectivity index (χ1n) is 24.6. The number of unbranched alkanes of at least 4 members (excludes halogenated alkanes) is 6. The van der Waals surface area contributed by atoms with Gasteiger partial charge in [-0.3, -0.25) is 0 Å². The maximum Gasteiger partial charge on any atom is 0.346 e. The van der Waals surface area contributed by atoms with Gasteiger partial charge < -0.3 is 19.8 Å². The minimum atomic E-state index is -1.22. The fourth-order valence-corrected chi connectivity index (χ4v) is 11.5. The van der Waals surface area contributed by atoms with Crippen LogP contribution in [0.25, 0.3) is 30.4 Å². The van der Waals surface area contributed by atoms with Gasteiger partial charge in [-0.15, -0.1) is 0 Å². The minimum absolute atomic E-state index is 0.277. The maximum absolute atomic E-state index is 11.6. The first-order valence-corrected chi connectivity index (χ1v) is 26.2. The molecular formula is C62H58N4O2S2. The SMILES string of the molecule is CCCCCCN1c2ccc(/C=C(/C#N)C(=O)O)cc2Sc2cc(/C=C/c3ccc4c(c3)Sc3cc(/C=C/c5ccc(N(c6ccccc6)c6ccccc6)cc5)ccc3N4CCCCCC)ccc21. The topological polar surface area (TPSA) is 70.8 Å². The summed E-state index contributed by atoms with van der Waals surface area (Å²) in [5, 5.41) is 18.9. The molecule has 1 N–H and O–H groups in total. The molecule has 70 heavy (non-hydrogen) atoms. The molecule has 0 unspecified atom stereocenters. The smallest absolute Gasteiger partial charge is 0.346 e. The number of hydrogen-bond acceptors (Lipinski definition) is 7. The monoisotopic (exact) mass is 954 g/mol. The van der Waals surface area contributed by atoms with Gasteiger partial charge in [-0.25, -0.2) is 4.79 Å². The third-order valence-electron chi connectivity index (χ3n) is 12.8. The molecule has 8 heteroatoms. The molecule has 0 fully saturated rings. The number of carboxylic acid groups (broad SMARTS) is 1. The van der Waals surface area contributed by atoms with Crippen molar-refractivity contribution < 1.29 is 9.90 Å². The summed E-state index contributed by atoms with van der Waals surface area (Å²) in [5.74, 6) is -1.22. The van der Waals surface area contributed by atoms with E-state index < -0.39 is 5.97 Å². The highest BCUT2D eigenvalue weighted by Crippen LogP contribution is 2.51. The van der Waals surface area contributed by atoms with E-state index in [0.29, 0.717) is 5.56 Å². The Labute approximate surface area is 422 Å². The van der Waals surface area contributed by atoms with Gasteiger partial charge in [-0.1, -0.05) is 173 Å². The normalized spacial score (nSPS) is 12.9. The second-order valence-corrected chi connectivity index (χ2v) is 19.9. The molecule has 7 aromatic carbocycles. The van der Waals surface area contributed by atoms with Crippen molar-refractivity contribution in [1.82, 2.24) is 0 Å². The second-order valence-electron chi connectivity index (χ2n) is 17.8. The summed E-state index contributed by atoms with van der Waals surface area (Å²) >= 11 is 3.55. The highest BCUT2D eigenvalue weighted by molar-refractivity contribution is 8.00. The number of hydrogen-bond donors (Lipinski definition) is 1. The van der Waals surface area contributed by atoms with Crippen LogP contribution in [0.1, 0.15) is 93.0 Å². The van der Waals surface area contributed by atoms with Gasteiger partial charge in [0.1, 0.15) is 11.6 Å². The molecule has 6 nitrogen and oxygen atoms in total. The zero-order valence-electron chi connectivity index (χ0n) is 39.9. The van der Waals surface area contributed by atoms with E-state index in [1.54, 1.807) is 11.8 Å². The van der Waals surface area contributed by atoms with E-state index in [9.17, 15) is 15.2 Å². The number of aliphatic carboxylic acids is 1. The van der Waals surface area contributed by atoms with Crippen LogP contribution in [0.15, 0.2) is 183 Å². The second kappa shape index (κ2) is 23.0. The van der Waals surface area contributed by atoms with Gasteiger partial charge in [-0.05, 0) is 132 Å². The number of carbonyl (C=O) groups is 1. The number of nitriles is 1. The van der Waals surface area contributed by atoms with Crippen LogP contribution in [0.2, 0.25) is 0 Å². The molecule has 2 aliphatic heterocycles. The van der Waals surface area contributed by atoms with Gasteiger partial charge in [0.2, 0.25) is 0 Å². The van der Waals surface area contributed by atoms with Gasteiger partial charge in [0.15, 0.2) is 0 Å². The molecule has 0 radical (unpaired) electrons. The molecule has 2 aliphatic rings. The maximum atomic E-state index is 11.6. The largest absolute Gasteiger partial charge is 0.477 e. The summed E-state index contributed by atoms with van der Waals surface area (Å²) in [7, 11) is 0. The van der Waals surface area contributed by atoms with Gasteiger partial charge >= 0.3 is 5.97 Å². The Morgan fingerprint density at radius 2 is 0.871 bits per heavy atom. The number of nitrogens with zero attached hydrogens (tertiary/aromatic N) is 4. The van der Waals surface area contributed by atoms with Crippen molar-refractivity contribution >= 4 is 99.7 Å². The minimum Gasteiger partial charge on any atom is -0.477 e. The molecule has 9 rings (SSSR count). The number of anilines is 7. The molecule has 7 aromatic rings. The van der Waals surface area contributed by atoms with E-state index in [1.807, 2.05) is 30.0 Å². The first kappa shape index (κ1) is 47.9. The van der Waals surface area contributed by atoms with Crippen LogP contribution in [0.5, 0.6) is 0 Å². The van der Waals surface area contributed by atoms with Crippen molar-refractivity contribution in [3.05, 3.63) is 191 Å². The fourth-order valence-electron chi connectivity index (χ4n) is 9.14. The van der Waals surface area contributed by atoms with Gasteiger partial charge in [0, 0.05) is 49.7 Å². The van der Waals surface area contributed by atoms with E-state index in [0.717, 1.165) is 81.6 Å². The van der Waals surface area contributed by atoms with Crippen molar-refractivity contribution in [3.63, 3.8) is 0 Å². The quantitative estimate of drug-likeness (QED) is 0.0372. The van der Waals surface area contributed by atoms with E-state index in [-0.39, 0.29) is 5.57 Å². The number of carboxylic acids is 1. The highest BCUT2D eigenvalue weighted by atomic mass is 32.2. The number of rotatable bonds is 19. The van der Waals surface area contributed by atoms with Crippen molar-refractivity contribution in [2.24, 2.45) is 0 Å². The molecule has 0 amide bonds. The molecule has 0 aromatic heterocycles. The van der Waals surface area contributed by atoms with Crippen molar-refractivity contribution in [2.45, 2.75) is 84.8 Å². The number of fused-ring (bicyclic) bond motifs is 4. The van der Waals surface area contributed by atoms with Crippen molar-refractivity contribution in [2.75, 3.05) is 27.8 Å². The lowest BCUT2D eigenvalue weighted by Crippen LogP contribution is -2.22. The third-order valence-corrected chi connectivity index (χ3v) is 15.0. The van der Waals surface area contributed by atoms with Gasteiger partial charge in [0.25, 0.3) is 0 Å². The Hall–Kier alpha value is -7.18. The third kappa shape index (κ3) is 11.3. The Balaban J connectivity index is 0.951. The number of para-hydroxylation sites is 2. The van der Waals surface area contributed by atoms with Crippen molar-refractivity contribution in [1.29, 1.82) is 5.26 Å². The molecule has 0 saturated carbocycles. The number of benzene rings is 7. The predicted octanol–water partition coefficient (Wildman–Crippen LogP) is 17.9. The van der Waals surface area contributed by atoms with Crippen LogP contribution in [-0.4, -0.2) is 24.2 Å². The lowest BCUT2D eigenvalue weighted by molar-refractivity contribution is -0.132. The van der Waals surface area contributed by atoms with Crippen molar-refractivity contribution in [3.8, 4) is 6.07 Å². The molecule has 2 heterocycles. The zero-order valence-corrected chi connectivity index (χ0v) is 41.6. The summed E-state index contributed by atoms with van der Waals surface area (Å²) < 4.78 is 0. The van der Waals surface area contributed by atoms with E-state index in [2.05, 4.69) is 198 Å². The summed E-state index contributed by atoms with van der Waals surface area (Å²) in [6.45, 7) is 6.37. The summed E-state index contributed by atoms with van der Waals surface area (Å²) in [6.07, 6.45) is 19.7. The first-order chi connectivity index (χ1) is 34.4. The molecule has 0 atom stereocenters. The summed E-state index contributed by atoms with van der Waals surface area (Å²) in [6, 6.07) is 58.1. The van der Waals surface area contributed by atoms with Crippen LogP contribution in [0.4, 0.5) is 39.8 Å². The van der Waals surface area contributed by atoms with E-state index in [1.165, 1.54) is 70.6 Å². The molecule has 0 spiro atoms. The van der Waals surface area contributed by atoms with Crippen LogP contribution >= 0.6 is 23.5 Å². The Kier molecular flexibility index (Phi) is 15.7. The van der Waals surface area contributed by atoms with Crippen LogP contribution in [0.3, 0.4) is 0 Å². The van der Waals surface area contributed by atoms with E-state index >= 15 is 0 Å². The molecule has 350 valence electrons. The predicted molar refractivity (Wildman–Crippen MR) is 297 cm³/mol. The van der Waals surface area contributed by atoms with Crippen LogP contribution < -0.4 is 14.7 Å². The molecule has 0 saturated heterocycles. The fraction of sp³-hybridized carbons (Fsp3) is 0.194. The molecule has 0 bridgehead atoms.